The Morgan fingerprint density at radius 1 is 1.21 bits per heavy atom. The van der Waals surface area contributed by atoms with E-state index in [-0.39, 0.29) is 30.9 Å². The zero-order valence-electron chi connectivity index (χ0n) is 19.9. The number of benzene rings is 1. The molecule has 5 atom stereocenters. The first-order valence-electron chi connectivity index (χ1n) is 12.4. The van der Waals surface area contributed by atoms with Crippen molar-refractivity contribution in [3.8, 4) is 5.75 Å². The number of nitrogens with zero attached hydrogens (tertiary/aromatic N) is 1. The van der Waals surface area contributed by atoms with Gasteiger partial charge in [-0.05, 0) is 50.5 Å². The minimum Gasteiger partial charge on any atom is -0.494 e. The number of unbranched alkanes of at least 4 members (excludes halogenated alkanes) is 2. The van der Waals surface area contributed by atoms with Gasteiger partial charge in [0.1, 0.15) is 17.4 Å². The number of nitrogens with one attached hydrogen (secondary N) is 2. The molecule has 1 spiro atoms. The van der Waals surface area contributed by atoms with Gasteiger partial charge in [0.2, 0.25) is 17.7 Å². The van der Waals surface area contributed by atoms with Crippen molar-refractivity contribution in [1.29, 1.82) is 0 Å². The lowest BCUT2D eigenvalue weighted by Gasteiger charge is -2.33. The van der Waals surface area contributed by atoms with Crippen LogP contribution in [-0.4, -0.2) is 71.8 Å². The Morgan fingerprint density at radius 3 is 2.65 bits per heavy atom. The molecule has 0 aromatic heterocycles. The number of anilines is 1. The zero-order chi connectivity index (χ0) is 24.3. The first-order valence-corrected chi connectivity index (χ1v) is 12.4. The van der Waals surface area contributed by atoms with E-state index in [1.54, 1.807) is 24.3 Å². The van der Waals surface area contributed by atoms with Gasteiger partial charge in [0.15, 0.2) is 0 Å². The molecular formula is C25H35N3O6. The molecule has 3 saturated heterocycles. The van der Waals surface area contributed by atoms with E-state index in [1.165, 1.54) is 4.90 Å². The Balaban J connectivity index is 1.54. The smallest absolute Gasteiger partial charge is 0.245 e. The van der Waals surface area contributed by atoms with Crippen LogP contribution in [0.5, 0.6) is 5.75 Å². The highest BCUT2D eigenvalue weighted by Crippen LogP contribution is 2.58. The van der Waals surface area contributed by atoms with Crippen molar-refractivity contribution < 1.29 is 29.0 Å². The lowest BCUT2D eigenvalue weighted by Crippen LogP contribution is -2.55. The number of likely N-dealkylation sites (tertiary alicyclic amines) is 1. The van der Waals surface area contributed by atoms with Crippen molar-refractivity contribution in [3.63, 3.8) is 0 Å². The number of hydrogen-bond donors (Lipinski definition) is 3. The summed E-state index contributed by atoms with van der Waals surface area (Å²) in [5.74, 6) is -1.58. The van der Waals surface area contributed by atoms with Gasteiger partial charge in [-0.15, -0.1) is 0 Å². The maximum absolute atomic E-state index is 13.5. The van der Waals surface area contributed by atoms with E-state index in [9.17, 15) is 19.5 Å². The van der Waals surface area contributed by atoms with Crippen LogP contribution in [0, 0.1) is 11.8 Å². The Hall–Kier alpha value is -2.65. The summed E-state index contributed by atoms with van der Waals surface area (Å²) < 4.78 is 11.8. The molecule has 0 aliphatic carbocycles. The molecule has 2 unspecified atom stereocenters. The van der Waals surface area contributed by atoms with Gasteiger partial charge < -0.3 is 30.1 Å². The van der Waals surface area contributed by atoms with Crippen molar-refractivity contribution in [2.75, 3.05) is 31.6 Å². The normalized spacial score (nSPS) is 29.3. The van der Waals surface area contributed by atoms with E-state index >= 15 is 0 Å². The van der Waals surface area contributed by atoms with Gasteiger partial charge in [0.25, 0.3) is 0 Å². The predicted molar refractivity (Wildman–Crippen MR) is 125 cm³/mol. The zero-order valence-corrected chi connectivity index (χ0v) is 19.9. The Kier molecular flexibility index (Phi) is 7.42. The van der Waals surface area contributed by atoms with Crippen LogP contribution in [0.25, 0.3) is 0 Å². The number of aliphatic hydroxyl groups is 1. The van der Waals surface area contributed by atoms with Crippen LogP contribution in [0.4, 0.5) is 5.69 Å². The highest BCUT2D eigenvalue weighted by Gasteiger charge is 2.74. The van der Waals surface area contributed by atoms with Gasteiger partial charge in [-0.2, -0.15) is 0 Å². The molecule has 34 heavy (non-hydrogen) atoms. The molecule has 9 nitrogen and oxygen atoms in total. The average molecular weight is 474 g/mol. The summed E-state index contributed by atoms with van der Waals surface area (Å²) in [6.07, 6.45) is 3.63. The molecule has 1 aromatic carbocycles. The monoisotopic (exact) mass is 473 g/mol. The fourth-order valence-electron chi connectivity index (χ4n) is 5.81. The van der Waals surface area contributed by atoms with E-state index in [0.29, 0.717) is 37.4 Å². The standard InChI is InChI=1S/C25H35N3O6/c1-3-5-6-13-26-23(31)21-25-12-11-18(34-25)19(20(25)24(32)28(21)14-15-29)22(30)27-16-7-9-17(10-8-16)33-4-2/h7-10,18-21,29H,3-6,11-15H2,1-2H3,(H,26,31)(H,27,30)/t18-,19+,20-,21?,25?/m0/s1. The second-order valence-electron chi connectivity index (χ2n) is 9.26. The minimum atomic E-state index is -1.04. The van der Waals surface area contributed by atoms with Crippen LogP contribution >= 0.6 is 0 Å². The summed E-state index contributed by atoms with van der Waals surface area (Å²) in [6, 6.07) is 6.23. The summed E-state index contributed by atoms with van der Waals surface area (Å²) in [6.45, 7) is 4.84. The molecule has 2 bridgehead atoms. The first-order chi connectivity index (χ1) is 16.5. The second-order valence-corrected chi connectivity index (χ2v) is 9.26. The maximum Gasteiger partial charge on any atom is 0.245 e. The second kappa shape index (κ2) is 10.3. The van der Waals surface area contributed by atoms with E-state index in [2.05, 4.69) is 17.6 Å². The van der Waals surface area contributed by atoms with Gasteiger partial charge in [0.05, 0.1) is 31.2 Å². The van der Waals surface area contributed by atoms with Gasteiger partial charge in [-0.3, -0.25) is 14.4 Å². The quantitative estimate of drug-likeness (QED) is 0.421. The fourth-order valence-corrected chi connectivity index (χ4v) is 5.81. The number of amides is 3. The molecule has 3 fully saturated rings. The number of β-amino-alcohol motifs (C(OH)–C–C–N with tert-alkyl or cyclic N) is 1. The Morgan fingerprint density at radius 2 is 1.97 bits per heavy atom. The lowest BCUT2D eigenvalue weighted by atomic mass is 9.70. The summed E-state index contributed by atoms with van der Waals surface area (Å²) in [7, 11) is 0. The van der Waals surface area contributed by atoms with Crippen molar-refractivity contribution in [3.05, 3.63) is 24.3 Å². The largest absolute Gasteiger partial charge is 0.494 e. The van der Waals surface area contributed by atoms with Gasteiger partial charge >= 0.3 is 0 Å². The molecule has 3 aliphatic heterocycles. The van der Waals surface area contributed by atoms with E-state index in [0.717, 1.165) is 19.3 Å². The number of fused-ring (bicyclic) bond motifs is 1. The molecule has 3 aliphatic rings. The van der Waals surface area contributed by atoms with Crippen LogP contribution in [0.3, 0.4) is 0 Å². The van der Waals surface area contributed by atoms with Crippen molar-refractivity contribution in [2.45, 2.75) is 63.7 Å². The number of aliphatic hydroxyl groups excluding tert-OH is 1. The average Bonchev–Trinajstić information content (AvgIpc) is 3.46. The molecule has 4 rings (SSSR count). The van der Waals surface area contributed by atoms with E-state index in [4.69, 9.17) is 9.47 Å². The Bertz CT molecular complexity index is 906. The molecule has 0 radical (unpaired) electrons. The summed E-state index contributed by atoms with van der Waals surface area (Å²) >= 11 is 0. The van der Waals surface area contributed by atoms with Crippen molar-refractivity contribution in [1.82, 2.24) is 10.2 Å². The Labute approximate surface area is 200 Å². The number of ether oxygens (including phenoxy) is 2. The molecule has 3 heterocycles. The third kappa shape index (κ3) is 4.27. The number of carbonyl (C=O) groups excluding carboxylic acids is 3. The van der Waals surface area contributed by atoms with Crippen LogP contribution in [0.1, 0.15) is 46.0 Å². The molecule has 0 saturated carbocycles. The molecule has 3 amide bonds. The van der Waals surface area contributed by atoms with Gasteiger partial charge in [-0.25, -0.2) is 0 Å². The predicted octanol–water partition coefficient (Wildman–Crippen LogP) is 1.70. The third-order valence-electron chi connectivity index (χ3n) is 7.20. The van der Waals surface area contributed by atoms with Crippen LogP contribution < -0.4 is 15.4 Å². The number of hydrogen-bond acceptors (Lipinski definition) is 6. The highest BCUT2D eigenvalue weighted by molar-refractivity contribution is 6.02. The van der Waals surface area contributed by atoms with E-state index in [1.807, 2.05) is 6.92 Å². The topological polar surface area (TPSA) is 117 Å². The lowest BCUT2D eigenvalue weighted by molar-refractivity contribution is -0.141. The molecule has 3 N–H and O–H groups in total. The number of carbonyl (C=O) groups is 3. The molecule has 9 heteroatoms. The summed E-state index contributed by atoms with van der Waals surface area (Å²) in [5.41, 5.74) is -0.430. The fraction of sp³-hybridized carbons (Fsp3) is 0.640. The first kappa shape index (κ1) is 24.5. The summed E-state index contributed by atoms with van der Waals surface area (Å²) in [5, 5.41) is 15.5. The van der Waals surface area contributed by atoms with Crippen LogP contribution in [0.2, 0.25) is 0 Å². The van der Waals surface area contributed by atoms with Crippen LogP contribution in [0.15, 0.2) is 24.3 Å². The van der Waals surface area contributed by atoms with Gasteiger partial charge in [-0.1, -0.05) is 19.8 Å². The van der Waals surface area contributed by atoms with Crippen LogP contribution in [-0.2, 0) is 19.1 Å². The van der Waals surface area contributed by atoms with Crippen molar-refractivity contribution >= 4 is 23.4 Å². The maximum atomic E-state index is 13.5. The molecule has 186 valence electrons. The molecule has 1 aromatic rings. The SMILES string of the molecule is CCCCCNC(=O)C1N(CCO)C(=O)[C@@H]2[C@H](C(=O)Nc3ccc(OCC)cc3)[C@@H]3CCC12O3. The van der Waals surface area contributed by atoms with E-state index < -0.39 is 29.6 Å². The van der Waals surface area contributed by atoms with Crippen molar-refractivity contribution in [2.24, 2.45) is 11.8 Å². The number of rotatable bonds is 11. The third-order valence-corrected chi connectivity index (χ3v) is 7.20. The highest BCUT2D eigenvalue weighted by atomic mass is 16.5. The summed E-state index contributed by atoms with van der Waals surface area (Å²) in [4.78, 5) is 41.5. The minimum absolute atomic E-state index is 0.0331. The molecular weight excluding hydrogens is 438 g/mol. The van der Waals surface area contributed by atoms with Gasteiger partial charge in [0, 0.05) is 18.8 Å².